The van der Waals surface area contributed by atoms with Crippen LogP contribution in [-0.4, -0.2) is 54.6 Å². The third-order valence-corrected chi connectivity index (χ3v) is 2.50. The first kappa shape index (κ1) is 13.9. The van der Waals surface area contributed by atoms with Crippen molar-refractivity contribution in [2.24, 2.45) is 5.73 Å². The molecule has 0 bridgehead atoms. The Labute approximate surface area is 105 Å². The summed E-state index contributed by atoms with van der Waals surface area (Å²) in [6.07, 6.45) is 0.324. The first-order valence-electron chi connectivity index (χ1n) is 5.50. The zero-order valence-corrected chi connectivity index (χ0v) is 10.4. The molecule has 0 saturated carbocycles. The molecule has 6 nitrogen and oxygen atoms in total. The number of hydrogen-bond donors (Lipinski definition) is 2. The highest BCUT2D eigenvalue weighted by Gasteiger charge is 2.16. The summed E-state index contributed by atoms with van der Waals surface area (Å²) in [7, 11) is 0. The van der Waals surface area contributed by atoms with Gasteiger partial charge in [-0.3, -0.25) is 9.59 Å². The van der Waals surface area contributed by atoms with Crippen LogP contribution >= 0.6 is 12.2 Å². The molecule has 1 heterocycles. The topological polar surface area (TPSA) is 84.7 Å². The van der Waals surface area contributed by atoms with E-state index in [4.69, 9.17) is 10.5 Å². The molecule has 1 aliphatic rings. The minimum absolute atomic E-state index is 0.0288. The van der Waals surface area contributed by atoms with Gasteiger partial charge < -0.3 is 20.7 Å². The lowest BCUT2D eigenvalue weighted by Gasteiger charge is -2.26. The second-order valence-electron chi connectivity index (χ2n) is 3.74. The quantitative estimate of drug-likeness (QED) is 0.620. The van der Waals surface area contributed by atoms with E-state index in [9.17, 15) is 9.59 Å². The van der Waals surface area contributed by atoms with Gasteiger partial charge in [-0.15, -0.1) is 0 Å². The highest BCUT2D eigenvalue weighted by Crippen LogP contribution is 1.99. The summed E-state index contributed by atoms with van der Waals surface area (Å²) >= 11 is 4.60. The Morgan fingerprint density at radius 1 is 1.35 bits per heavy atom. The number of carbonyl (C=O) groups is 2. The van der Waals surface area contributed by atoms with E-state index in [1.165, 1.54) is 0 Å². The molecule has 0 unspecified atom stereocenters. The first-order chi connectivity index (χ1) is 8.09. The van der Waals surface area contributed by atoms with E-state index < -0.39 is 0 Å². The largest absolute Gasteiger partial charge is 0.393 e. The van der Waals surface area contributed by atoms with E-state index >= 15 is 0 Å². The summed E-state index contributed by atoms with van der Waals surface area (Å²) in [6, 6.07) is 0. The molecule has 0 radical (unpaired) electrons. The maximum absolute atomic E-state index is 11.7. The summed E-state index contributed by atoms with van der Waals surface area (Å²) in [4.78, 5) is 24.8. The average molecular weight is 259 g/mol. The molecular formula is C10H17N3O3S. The van der Waals surface area contributed by atoms with Gasteiger partial charge in [0.1, 0.15) is 0 Å². The van der Waals surface area contributed by atoms with Gasteiger partial charge in [0.15, 0.2) is 0 Å². The van der Waals surface area contributed by atoms with Crippen LogP contribution in [0.25, 0.3) is 0 Å². The highest BCUT2D eigenvalue weighted by atomic mass is 32.1. The third kappa shape index (κ3) is 5.60. The van der Waals surface area contributed by atoms with Crippen molar-refractivity contribution >= 4 is 29.0 Å². The zero-order valence-electron chi connectivity index (χ0n) is 9.61. The second kappa shape index (κ2) is 7.18. The Bertz CT molecular complexity index is 303. The van der Waals surface area contributed by atoms with Crippen LogP contribution < -0.4 is 11.1 Å². The summed E-state index contributed by atoms with van der Waals surface area (Å²) in [5, 5.41) is 2.60. The molecule has 2 amide bonds. The van der Waals surface area contributed by atoms with Crippen LogP contribution in [0.5, 0.6) is 0 Å². The number of morpholine rings is 1. The van der Waals surface area contributed by atoms with Gasteiger partial charge in [0.2, 0.25) is 11.8 Å². The summed E-state index contributed by atoms with van der Waals surface area (Å²) in [5.41, 5.74) is 5.22. The van der Waals surface area contributed by atoms with Crippen LogP contribution in [0.1, 0.15) is 12.8 Å². The maximum Gasteiger partial charge on any atom is 0.226 e. The van der Waals surface area contributed by atoms with Crippen LogP contribution in [0.2, 0.25) is 0 Å². The van der Waals surface area contributed by atoms with E-state index in [0.717, 1.165) is 0 Å². The minimum Gasteiger partial charge on any atom is -0.393 e. The SMILES string of the molecule is NC(=S)CC(=O)NCCC(=O)N1CCOCC1. The molecule has 1 saturated heterocycles. The molecule has 1 aliphatic heterocycles. The fourth-order valence-corrected chi connectivity index (χ4v) is 1.63. The van der Waals surface area contributed by atoms with Crippen LogP contribution in [0, 0.1) is 0 Å². The normalized spacial score (nSPS) is 15.4. The van der Waals surface area contributed by atoms with Gasteiger partial charge >= 0.3 is 0 Å². The van der Waals surface area contributed by atoms with Crippen molar-refractivity contribution < 1.29 is 14.3 Å². The lowest BCUT2D eigenvalue weighted by atomic mass is 10.3. The van der Waals surface area contributed by atoms with Gasteiger partial charge in [0.05, 0.1) is 24.6 Å². The lowest BCUT2D eigenvalue weighted by molar-refractivity contribution is -0.135. The number of rotatable bonds is 5. The lowest BCUT2D eigenvalue weighted by Crippen LogP contribution is -2.42. The van der Waals surface area contributed by atoms with Gasteiger partial charge in [-0.1, -0.05) is 12.2 Å². The number of nitrogens with zero attached hydrogens (tertiary/aromatic N) is 1. The molecular weight excluding hydrogens is 242 g/mol. The number of nitrogens with two attached hydrogens (primary N) is 1. The van der Waals surface area contributed by atoms with Crippen molar-refractivity contribution in [3.05, 3.63) is 0 Å². The monoisotopic (exact) mass is 259 g/mol. The Kier molecular flexibility index (Phi) is 5.85. The molecule has 3 N–H and O–H groups in total. The van der Waals surface area contributed by atoms with Crippen molar-refractivity contribution in [2.75, 3.05) is 32.8 Å². The molecule has 0 aromatic heterocycles. The number of hydrogen-bond acceptors (Lipinski definition) is 4. The van der Waals surface area contributed by atoms with Crippen molar-refractivity contribution in [3.63, 3.8) is 0 Å². The molecule has 1 rings (SSSR count). The molecule has 17 heavy (non-hydrogen) atoms. The zero-order chi connectivity index (χ0) is 12.7. The Morgan fingerprint density at radius 3 is 2.59 bits per heavy atom. The molecule has 1 fully saturated rings. The average Bonchev–Trinajstić information content (AvgIpc) is 2.29. The van der Waals surface area contributed by atoms with Crippen LogP contribution in [0.3, 0.4) is 0 Å². The number of amides is 2. The smallest absolute Gasteiger partial charge is 0.226 e. The van der Waals surface area contributed by atoms with E-state index in [-0.39, 0.29) is 23.2 Å². The van der Waals surface area contributed by atoms with Crippen molar-refractivity contribution in [1.82, 2.24) is 10.2 Å². The van der Waals surface area contributed by atoms with Crippen molar-refractivity contribution in [2.45, 2.75) is 12.8 Å². The molecule has 7 heteroatoms. The molecule has 0 spiro atoms. The van der Waals surface area contributed by atoms with Gasteiger partial charge in [-0.25, -0.2) is 0 Å². The van der Waals surface area contributed by atoms with E-state index in [0.29, 0.717) is 39.3 Å². The summed E-state index contributed by atoms with van der Waals surface area (Å²) < 4.78 is 5.14. The van der Waals surface area contributed by atoms with Crippen LogP contribution in [-0.2, 0) is 14.3 Å². The minimum atomic E-state index is -0.243. The number of thiocarbonyl (C=S) groups is 1. The Hall–Kier alpha value is -1.21. The highest BCUT2D eigenvalue weighted by molar-refractivity contribution is 7.80. The molecule has 0 aromatic rings. The summed E-state index contributed by atoms with van der Waals surface area (Å²) in [5.74, 6) is -0.212. The van der Waals surface area contributed by atoms with Gasteiger partial charge in [-0.05, 0) is 0 Å². The predicted octanol–water partition coefficient (Wildman–Crippen LogP) is -0.972. The van der Waals surface area contributed by atoms with E-state index in [1.807, 2.05) is 0 Å². The Balaban J connectivity index is 2.15. The standard InChI is InChI=1S/C10H17N3O3S/c11-8(17)7-9(14)12-2-1-10(15)13-3-5-16-6-4-13/h1-7H2,(H2,11,17)(H,12,14). The van der Waals surface area contributed by atoms with Crippen molar-refractivity contribution in [3.8, 4) is 0 Å². The molecule has 96 valence electrons. The maximum atomic E-state index is 11.7. The number of nitrogens with one attached hydrogen (secondary N) is 1. The van der Waals surface area contributed by atoms with Gasteiger partial charge in [0, 0.05) is 26.1 Å². The van der Waals surface area contributed by atoms with Gasteiger partial charge in [0.25, 0.3) is 0 Å². The summed E-state index contributed by atoms with van der Waals surface area (Å²) in [6.45, 7) is 2.73. The first-order valence-corrected chi connectivity index (χ1v) is 5.91. The molecule has 0 atom stereocenters. The fourth-order valence-electron chi connectivity index (χ4n) is 1.50. The Morgan fingerprint density at radius 2 is 2.00 bits per heavy atom. The molecule has 0 aromatic carbocycles. The molecule has 0 aliphatic carbocycles. The third-order valence-electron chi connectivity index (χ3n) is 2.36. The van der Waals surface area contributed by atoms with Crippen LogP contribution in [0.15, 0.2) is 0 Å². The van der Waals surface area contributed by atoms with Crippen LogP contribution in [0.4, 0.5) is 0 Å². The van der Waals surface area contributed by atoms with Crippen molar-refractivity contribution in [1.29, 1.82) is 0 Å². The van der Waals surface area contributed by atoms with E-state index in [1.54, 1.807) is 4.90 Å². The van der Waals surface area contributed by atoms with Gasteiger partial charge in [-0.2, -0.15) is 0 Å². The number of ether oxygens (including phenoxy) is 1. The number of carbonyl (C=O) groups excluding carboxylic acids is 2. The second-order valence-corrected chi connectivity index (χ2v) is 4.26. The predicted molar refractivity (Wildman–Crippen MR) is 66.4 cm³/mol. The van der Waals surface area contributed by atoms with E-state index in [2.05, 4.69) is 17.5 Å². The fraction of sp³-hybridized carbons (Fsp3) is 0.700.